The molecular formula is C41H47F17N2O7Si. The lowest BCUT2D eigenvalue weighted by Gasteiger charge is -2.44. The second-order valence-corrected chi connectivity index (χ2v) is 20.9. The molecule has 0 heterocycles. The minimum atomic E-state index is -8.71. The van der Waals surface area contributed by atoms with Gasteiger partial charge in [-0.25, -0.2) is 10.3 Å². The number of rotatable bonds is 24. The number of halogens is 17. The van der Waals surface area contributed by atoms with E-state index >= 15 is 8.78 Å². The van der Waals surface area contributed by atoms with E-state index in [0.29, 0.717) is 22.6 Å². The van der Waals surface area contributed by atoms with Crippen LogP contribution in [0.25, 0.3) is 0 Å². The van der Waals surface area contributed by atoms with Crippen LogP contribution in [0.4, 0.5) is 85.1 Å². The summed E-state index contributed by atoms with van der Waals surface area (Å²) in [5.74, 6) is -57.7. The Morgan fingerprint density at radius 3 is 1.60 bits per heavy atom. The maximum absolute atomic E-state index is 15.0. The first kappa shape index (κ1) is 59.3. The van der Waals surface area contributed by atoms with Crippen LogP contribution in [0, 0.1) is 5.92 Å². The summed E-state index contributed by atoms with van der Waals surface area (Å²) in [5, 5.41) is 11.3. The van der Waals surface area contributed by atoms with E-state index in [9.17, 15) is 75.4 Å². The molecule has 3 N–H and O–H groups in total. The van der Waals surface area contributed by atoms with Crippen molar-refractivity contribution in [2.45, 2.75) is 119 Å². The molecule has 2 aromatic carbocycles. The maximum Gasteiger partial charge on any atom is 0.460 e. The molecule has 0 aliphatic rings. The van der Waals surface area contributed by atoms with Crippen molar-refractivity contribution in [1.29, 1.82) is 0 Å². The number of hydrogen-bond donors (Lipinski definition) is 3. The van der Waals surface area contributed by atoms with Crippen molar-refractivity contribution in [3.8, 4) is 11.5 Å². The molecule has 0 aliphatic heterocycles. The molecule has 0 aliphatic carbocycles. The molecule has 0 aromatic heterocycles. The second kappa shape index (κ2) is 21.9. The Morgan fingerprint density at radius 2 is 1.15 bits per heavy atom. The second-order valence-electron chi connectivity index (χ2n) is 15.9. The van der Waals surface area contributed by atoms with Crippen molar-refractivity contribution >= 4 is 26.0 Å². The quantitative estimate of drug-likeness (QED) is 0.0182. The highest BCUT2D eigenvalue weighted by molar-refractivity contribution is 6.76. The zero-order chi connectivity index (χ0) is 52.7. The predicted molar refractivity (Wildman–Crippen MR) is 212 cm³/mol. The predicted octanol–water partition coefficient (Wildman–Crippen LogP) is 13.2. The Balaban J connectivity index is 2.33. The lowest BCUT2D eigenvalue weighted by molar-refractivity contribution is -0.461. The van der Waals surface area contributed by atoms with Crippen LogP contribution in [0.5, 0.6) is 11.5 Å². The van der Waals surface area contributed by atoms with Gasteiger partial charge in [-0.2, -0.15) is 74.6 Å². The van der Waals surface area contributed by atoms with Crippen molar-refractivity contribution in [2.75, 3.05) is 25.6 Å². The van der Waals surface area contributed by atoms with Gasteiger partial charge in [0.15, 0.2) is 8.32 Å². The third-order valence-corrected chi connectivity index (χ3v) is 16.6. The van der Waals surface area contributed by atoms with Gasteiger partial charge >= 0.3 is 53.7 Å². The SMILES string of the molecule is COc1ccc(NC(=O)O[C@@H](c2ccc(OCCO[Si](CCC(F)(F)C(F)(F)C(F)(F)C(F)(F)C(F)(F)C(F)(F)C(F)(F)C(F)(F)F)(C(C)C)C(C)C)cc2)[C@H](C)/C(C)=C/C=C/C(=O)NO)cc1. The molecular weight excluding hydrogens is 984 g/mol. The highest BCUT2D eigenvalue weighted by Gasteiger charge is 2.95. The van der Waals surface area contributed by atoms with Crippen LogP contribution in [0.15, 0.2) is 72.3 Å². The standard InChI is InChI=1S/C41H47F17N2O7Si/c1-23(2)68(24(3)4,22-19-34(42,43)35(44,45)36(46,47)37(48,49)38(50,51)39(52,53)40(54,55)41(56,57)58)66-21-20-65-30-15-11-27(12-16-30)32(26(6)25(5)9-8-10-31(61)60-63)67-33(62)59-28-13-17-29(64-7)18-14-28/h8-18,23-24,26,32,63H,19-22H2,1-7H3,(H,59,62)(H,60,61)/b10-8+,25-9+/t26-,32-/m1/s1. The molecule has 0 saturated carbocycles. The Morgan fingerprint density at radius 1 is 0.676 bits per heavy atom. The van der Waals surface area contributed by atoms with Gasteiger partial charge in [-0.1, -0.05) is 64.5 Å². The fourth-order valence-electron chi connectivity index (χ4n) is 6.61. The number of methoxy groups -OCH3 is 1. The summed E-state index contributed by atoms with van der Waals surface area (Å²) in [6.07, 6.45) is -8.48. The number of carbonyl (C=O) groups is 2. The van der Waals surface area contributed by atoms with Crippen molar-refractivity contribution in [1.82, 2.24) is 5.48 Å². The third-order valence-electron chi connectivity index (χ3n) is 11.0. The number of alkyl halides is 17. The number of ether oxygens (including phenoxy) is 3. The molecule has 0 bridgehead atoms. The minimum Gasteiger partial charge on any atom is -0.497 e. The minimum absolute atomic E-state index is 0.0997. The molecule has 27 heteroatoms. The number of nitrogens with one attached hydrogen (secondary N) is 2. The number of hydrogen-bond acceptors (Lipinski definition) is 7. The summed E-state index contributed by atoms with van der Waals surface area (Å²) < 4.78 is 259. The van der Waals surface area contributed by atoms with E-state index in [2.05, 4.69) is 5.32 Å². The van der Waals surface area contributed by atoms with Gasteiger partial charge in [0.1, 0.15) is 24.2 Å². The van der Waals surface area contributed by atoms with E-state index in [-0.39, 0.29) is 5.75 Å². The van der Waals surface area contributed by atoms with Crippen molar-refractivity contribution in [3.63, 3.8) is 0 Å². The van der Waals surface area contributed by atoms with E-state index in [0.717, 1.165) is 6.08 Å². The lowest BCUT2D eigenvalue weighted by atomic mass is 9.88. The number of benzene rings is 2. The van der Waals surface area contributed by atoms with Crippen LogP contribution in [0.1, 0.15) is 59.6 Å². The fourth-order valence-corrected chi connectivity index (χ4v) is 11.1. The van der Waals surface area contributed by atoms with Crippen molar-refractivity contribution in [3.05, 3.63) is 77.9 Å². The molecule has 9 nitrogen and oxygen atoms in total. The van der Waals surface area contributed by atoms with Gasteiger partial charge in [0.25, 0.3) is 5.91 Å². The van der Waals surface area contributed by atoms with Gasteiger partial charge in [0, 0.05) is 24.1 Å². The monoisotopic (exact) mass is 1030 g/mol. The molecule has 2 atom stereocenters. The van der Waals surface area contributed by atoms with Crippen LogP contribution in [-0.2, 0) is 14.0 Å². The first-order valence-corrected chi connectivity index (χ1v) is 22.1. The summed E-state index contributed by atoms with van der Waals surface area (Å²) in [4.78, 5) is 24.4. The molecule has 2 aromatic rings. The van der Waals surface area contributed by atoms with Gasteiger partial charge < -0.3 is 18.6 Å². The van der Waals surface area contributed by atoms with E-state index in [1.54, 1.807) is 26.0 Å². The summed E-state index contributed by atoms with van der Waals surface area (Å²) in [5.41, 5.74) is 0.932. The van der Waals surface area contributed by atoms with Crippen molar-refractivity contribution in [2.24, 2.45) is 5.92 Å². The van der Waals surface area contributed by atoms with Crippen molar-refractivity contribution < 1.29 is 108 Å². The van der Waals surface area contributed by atoms with Gasteiger partial charge in [-0.05, 0) is 66.0 Å². The summed E-state index contributed by atoms with van der Waals surface area (Å²) in [6, 6.07) is 10.6. The third kappa shape index (κ3) is 12.1. The molecule has 0 radical (unpaired) electrons. The fraction of sp³-hybridized carbons (Fsp3) is 0.561. The lowest BCUT2D eigenvalue weighted by Crippen LogP contribution is -2.74. The first-order chi connectivity index (χ1) is 30.9. The summed E-state index contributed by atoms with van der Waals surface area (Å²) >= 11 is 0. The molecule has 0 spiro atoms. The Bertz CT molecular complexity index is 2040. The molecule has 68 heavy (non-hydrogen) atoms. The highest BCUT2D eigenvalue weighted by atomic mass is 28.4. The van der Waals surface area contributed by atoms with Crippen LogP contribution in [-0.4, -0.2) is 93.5 Å². The van der Waals surface area contributed by atoms with Gasteiger partial charge in [-0.15, -0.1) is 0 Å². The van der Waals surface area contributed by atoms with Crippen LogP contribution in [0.3, 0.4) is 0 Å². The number of amides is 2. The molecule has 386 valence electrons. The first-order valence-electron chi connectivity index (χ1n) is 19.9. The summed E-state index contributed by atoms with van der Waals surface area (Å²) in [7, 11) is -2.59. The largest absolute Gasteiger partial charge is 0.497 e. The van der Waals surface area contributed by atoms with E-state index in [1.807, 2.05) is 0 Å². The Hall–Kier alpha value is -4.79. The smallest absolute Gasteiger partial charge is 0.460 e. The average Bonchev–Trinajstić information content (AvgIpc) is 3.24. The number of allylic oxidation sites excluding steroid dienone is 2. The van der Waals surface area contributed by atoms with Crippen LogP contribution in [0.2, 0.25) is 17.1 Å². The number of hydroxylamine groups is 1. The zero-order valence-corrected chi connectivity index (χ0v) is 37.8. The number of anilines is 1. The van der Waals surface area contributed by atoms with E-state index in [1.165, 1.54) is 88.8 Å². The average molecular weight is 1030 g/mol. The topological polar surface area (TPSA) is 115 Å². The summed E-state index contributed by atoms with van der Waals surface area (Å²) in [6.45, 7) is 7.59. The molecule has 0 fully saturated rings. The van der Waals surface area contributed by atoms with Gasteiger partial charge in [0.05, 0.1) is 13.7 Å². The van der Waals surface area contributed by atoms with Gasteiger partial charge in [0.2, 0.25) is 0 Å². The molecule has 0 unspecified atom stereocenters. The molecule has 2 rings (SSSR count). The van der Waals surface area contributed by atoms with Gasteiger partial charge in [-0.3, -0.25) is 15.3 Å². The maximum atomic E-state index is 15.0. The normalized spacial score (nSPS) is 15.1. The van der Waals surface area contributed by atoms with Crippen LogP contribution < -0.4 is 20.3 Å². The van der Waals surface area contributed by atoms with Crippen LogP contribution >= 0.6 is 0 Å². The zero-order valence-electron chi connectivity index (χ0n) is 36.8. The Labute approximate surface area is 379 Å². The molecule has 0 saturated heterocycles. The van der Waals surface area contributed by atoms with E-state index in [4.69, 9.17) is 23.8 Å². The number of carbonyl (C=O) groups excluding carboxylic acids is 2. The Kier molecular flexibility index (Phi) is 19.1. The molecule has 2 amide bonds. The highest BCUT2D eigenvalue weighted by Crippen LogP contribution is 2.64. The van der Waals surface area contributed by atoms with E-state index < -0.39 is 117 Å².